The number of hydrogen-bond acceptors (Lipinski definition) is 4. The summed E-state index contributed by atoms with van der Waals surface area (Å²) in [5, 5.41) is 2.42. The van der Waals surface area contributed by atoms with Crippen LogP contribution < -0.4 is 9.47 Å². The van der Waals surface area contributed by atoms with Gasteiger partial charge in [-0.05, 0) is 85.4 Å². The Bertz CT molecular complexity index is 886. The van der Waals surface area contributed by atoms with E-state index in [1.807, 2.05) is 0 Å². The van der Waals surface area contributed by atoms with Gasteiger partial charge in [0.1, 0.15) is 23.7 Å². The Labute approximate surface area is 174 Å². The molecule has 0 aliphatic carbocycles. The van der Waals surface area contributed by atoms with Gasteiger partial charge >= 0.3 is 0 Å². The van der Waals surface area contributed by atoms with Crippen LogP contribution in [0.5, 0.6) is 11.5 Å². The Hall–Kier alpha value is -2.24. The smallest absolute Gasteiger partial charge is 0.120 e. The van der Waals surface area contributed by atoms with Crippen LogP contribution in [0.4, 0.5) is 0 Å². The van der Waals surface area contributed by atoms with Crippen molar-refractivity contribution >= 4 is 21.8 Å². The van der Waals surface area contributed by atoms with Crippen LogP contribution >= 0.6 is 0 Å². The Morgan fingerprint density at radius 2 is 1.17 bits per heavy atom. The van der Waals surface area contributed by atoms with Gasteiger partial charge in [0.15, 0.2) is 0 Å². The van der Waals surface area contributed by atoms with E-state index in [9.17, 15) is 0 Å². The van der Waals surface area contributed by atoms with Crippen LogP contribution in [0, 0.1) is 0 Å². The van der Waals surface area contributed by atoms with E-state index in [2.05, 4.69) is 99.7 Å². The lowest BCUT2D eigenvalue weighted by atomic mass is 10.1. The van der Waals surface area contributed by atoms with Crippen LogP contribution in [0.1, 0.15) is 20.8 Å². The SMILES string of the molecule is CCn1c2ccc(OC(C)CN(C)C)cc2c2cc(OC(C)CN(C)C)ccc21. The predicted molar refractivity (Wildman–Crippen MR) is 122 cm³/mol. The number of fused-ring (bicyclic) bond motifs is 3. The van der Waals surface area contributed by atoms with Crippen LogP contribution in [0.3, 0.4) is 0 Å². The third-order valence-electron chi connectivity index (χ3n) is 5.04. The van der Waals surface area contributed by atoms with E-state index in [4.69, 9.17) is 9.47 Å². The van der Waals surface area contributed by atoms with Gasteiger partial charge in [0.2, 0.25) is 0 Å². The van der Waals surface area contributed by atoms with Gasteiger partial charge in [-0.25, -0.2) is 0 Å². The van der Waals surface area contributed by atoms with Crippen molar-refractivity contribution in [3.8, 4) is 11.5 Å². The molecule has 0 aliphatic heterocycles. The van der Waals surface area contributed by atoms with Gasteiger partial charge in [0.25, 0.3) is 0 Å². The summed E-state index contributed by atoms with van der Waals surface area (Å²) in [6.45, 7) is 9.10. The zero-order valence-corrected chi connectivity index (χ0v) is 18.9. The molecule has 0 radical (unpaired) electrons. The highest BCUT2D eigenvalue weighted by molar-refractivity contribution is 6.09. The zero-order valence-electron chi connectivity index (χ0n) is 18.9. The van der Waals surface area contributed by atoms with Gasteiger partial charge in [0.05, 0.1) is 0 Å². The first-order valence-electron chi connectivity index (χ1n) is 10.5. The minimum absolute atomic E-state index is 0.132. The lowest BCUT2D eigenvalue weighted by Gasteiger charge is -2.19. The molecule has 5 nitrogen and oxygen atoms in total. The lowest BCUT2D eigenvalue weighted by molar-refractivity contribution is 0.176. The molecule has 0 fully saturated rings. The molecule has 0 saturated heterocycles. The maximum Gasteiger partial charge on any atom is 0.120 e. The first-order chi connectivity index (χ1) is 13.8. The summed E-state index contributed by atoms with van der Waals surface area (Å²) < 4.78 is 14.7. The number of benzene rings is 2. The predicted octanol–water partition coefficient (Wildman–Crippen LogP) is 4.47. The van der Waals surface area contributed by atoms with Crippen LogP contribution in [-0.2, 0) is 6.54 Å². The molecular weight excluding hydrogens is 362 g/mol. The summed E-state index contributed by atoms with van der Waals surface area (Å²) in [4.78, 5) is 4.29. The summed E-state index contributed by atoms with van der Waals surface area (Å²) >= 11 is 0. The van der Waals surface area contributed by atoms with Crippen molar-refractivity contribution in [1.82, 2.24) is 14.4 Å². The Kier molecular flexibility index (Phi) is 6.70. The molecule has 158 valence electrons. The van der Waals surface area contributed by atoms with Crippen molar-refractivity contribution < 1.29 is 9.47 Å². The second-order valence-electron chi connectivity index (χ2n) is 8.48. The summed E-state index contributed by atoms with van der Waals surface area (Å²) in [6, 6.07) is 12.8. The quantitative estimate of drug-likeness (QED) is 0.533. The number of aromatic nitrogens is 1. The van der Waals surface area contributed by atoms with Crippen LogP contribution in [0.2, 0.25) is 0 Å². The fourth-order valence-corrected chi connectivity index (χ4v) is 4.12. The number of hydrogen-bond donors (Lipinski definition) is 0. The van der Waals surface area contributed by atoms with E-state index < -0.39 is 0 Å². The van der Waals surface area contributed by atoms with E-state index in [-0.39, 0.29) is 12.2 Å². The summed E-state index contributed by atoms with van der Waals surface area (Å²) in [5.74, 6) is 1.82. The van der Waals surface area contributed by atoms with Crippen molar-refractivity contribution in [2.45, 2.75) is 39.5 Å². The topological polar surface area (TPSA) is 29.9 Å². The minimum Gasteiger partial charge on any atom is -0.489 e. The van der Waals surface area contributed by atoms with Gasteiger partial charge in [-0.1, -0.05) is 0 Å². The fraction of sp³-hybridized carbons (Fsp3) is 0.500. The van der Waals surface area contributed by atoms with Crippen LogP contribution in [0.25, 0.3) is 21.8 Å². The molecule has 3 rings (SSSR count). The average Bonchev–Trinajstić information content (AvgIpc) is 2.92. The fourth-order valence-electron chi connectivity index (χ4n) is 4.12. The number of ether oxygens (including phenoxy) is 2. The Balaban J connectivity index is 1.98. The number of likely N-dealkylation sites (N-methyl/N-ethyl adjacent to an activating group) is 2. The minimum atomic E-state index is 0.132. The highest BCUT2D eigenvalue weighted by Crippen LogP contribution is 2.34. The molecule has 2 unspecified atom stereocenters. The third-order valence-corrected chi connectivity index (χ3v) is 5.04. The Morgan fingerprint density at radius 3 is 1.52 bits per heavy atom. The number of rotatable bonds is 9. The van der Waals surface area contributed by atoms with Crippen molar-refractivity contribution in [3.05, 3.63) is 36.4 Å². The summed E-state index contributed by atoms with van der Waals surface area (Å²) in [7, 11) is 8.26. The maximum atomic E-state index is 6.18. The molecule has 0 aliphatic rings. The van der Waals surface area contributed by atoms with Crippen LogP contribution in [-0.4, -0.2) is 67.9 Å². The molecule has 1 aromatic heterocycles. The molecule has 0 N–H and O–H groups in total. The molecule has 0 saturated carbocycles. The van der Waals surface area contributed by atoms with E-state index >= 15 is 0 Å². The summed E-state index contributed by atoms with van der Waals surface area (Å²) in [6.07, 6.45) is 0.264. The molecule has 0 amide bonds. The number of aryl methyl sites for hydroxylation is 1. The van der Waals surface area contributed by atoms with Gasteiger partial charge < -0.3 is 23.8 Å². The molecule has 1 heterocycles. The first-order valence-corrected chi connectivity index (χ1v) is 10.5. The third kappa shape index (κ3) is 5.03. The standard InChI is InChI=1S/C24H35N3O2/c1-8-27-23-11-9-19(28-17(2)15-25(4)5)13-21(23)22-14-20(10-12-24(22)27)29-18(3)16-26(6)7/h9-14,17-18H,8,15-16H2,1-7H3. The Morgan fingerprint density at radius 1 is 0.759 bits per heavy atom. The lowest BCUT2D eigenvalue weighted by Crippen LogP contribution is -2.27. The van der Waals surface area contributed by atoms with Gasteiger partial charge in [-0.2, -0.15) is 0 Å². The molecule has 2 atom stereocenters. The highest BCUT2D eigenvalue weighted by Gasteiger charge is 2.14. The van der Waals surface area contributed by atoms with Gasteiger partial charge in [-0.15, -0.1) is 0 Å². The molecule has 3 aromatic rings. The van der Waals surface area contributed by atoms with E-state index in [1.165, 1.54) is 21.8 Å². The molecule has 2 aromatic carbocycles. The zero-order chi connectivity index (χ0) is 21.1. The molecule has 29 heavy (non-hydrogen) atoms. The van der Waals surface area contributed by atoms with E-state index in [1.54, 1.807) is 0 Å². The van der Waals surface area contributed by atoms with Crippen molar-refractivity contribution in [1.29, 1.82) is 0 Å². The van der Waals surface area contributed by atoms with Gasteiger partial charge in [0, 0.05) is 41.4 Å². The monoisotopic (exact) mass is 397 g/mol. The second kappa shape index (κ2) is 9.06. The van der Waals surface area contributed by atoms with Crippen molar-refractivity contribution in [2.75, 3.05) is 41.3 Å². The van der Waals surface area contributed by atoms with Gasteiger partial charge in [-0.3, -0.25) is 0 Å². The second-order valence-corrected chi connectivity index (χ2v) is 8.48. The molecular formula is C24H35N3O2. The normalized spacial score (nSPS) is 14.1. The van der Waals surface area contributed by atoms with E-state index in [0.29, 0.717) is 0 Å². The van der Waals surface area contributed by atoms with Crippen LogP contribution in [0.15, 0.2) is 36.4 Å². The molecule has 5 heteroatoms. The van der Waals surface area contributed by atoms with E-state index in [0.717, 1.165) is 31.1 Å². The van der Waals surface area contributed by atoms with Crippen molar-refractivity contribution in [2.24, 2.45) is 0 Å². The highest BCUT2D eigenvalue weighted by atomic mass is 16.5. The van der Waals surface area contributed by atoms with Crippen molar-refractivity contribution in [3.63, 3.8) is 0 Å². The maximum absolute atomic E-state index is 6.18. The number of nitrogens with zero attached hydrogens (tertiary/aromatic N) is 3. The molecule has 0 bridgehead atoms. The molecule has 0 spiro atoms. The largest absolute Gasteiger partial charge is 0.489 e. The average molecular weight is 398 g/mol. The summed E-state index contributed by atoms with van der Waals surface area (Å²) in [5.41, 5.74) is 2.46. The first kappa shape index (κ1) is 21.5.